The first-order chi connectivity index (χ1) is 8.26. The number of benzene rings is 1. The van der Waals surface area contributed by atoms with Crippen LogP contribution in [0.1, 0.15) is 26.3 Å². The first kappa shape index (κ1) is 15.3. The lowest BCUT2D eigenvalue weighted by molar-refractivity contribution is 0.124. The van der Waals surface area contributed by atoms with E-state index >= 15 is 0 Å². The smallest absolute Gasteiger partial charge is 0.409 e. The van der Waals surface area contributed by atoms with Crippen LogP contribution in [0.15, 0.2) is 28.7 Å². The molecule has 0 aromatic heterocycles. The van der Waals surface area contributed by atoms with Gasteiger partial charge >= 0.3 is 6.09 Å². The highest BCUT2D eigenvalue weighted by molar-refractivity contribution is 9.10. The Kier molecular flexibility index (Phi) is 5.47. The molecule has 0 heterocycles. The van der Waals surface area contributed by atoms with Crippen molar-refractivity contribution >= 4 is 33.6 Å². The summed E-state index contributed by atoms with van der Waals surface area (Å²) in [5.41, 5.74) is 0.0148. The molecule has 18 heavy (non-hydrogen) atoms. The molecule has 0 aliphatic carbocycles. The van der Waals surface area contributed by atoms with E-state index < -0.39 is 11.7 Å². The van der Waals surface area contributed by atoms with Gasteiger partial charge in [0, 0.05) is 16.4 Å². The number of hydrogen-bond acceptors (Lipinski definition) is 2. The Balaban J connectivity index is 2.44. The SMILES string of the molecule is CC(C)(C)NC(=O)OC(Cl)Cc1ccc(Br)cc1. The largest absolute Gasteiger partial charge is 0.429 e. The zero-order valence-corrected chi connectivity index (χ0v) is 13.0. The lowest BCUT2D eigenvalue weighted by Gasteiger charge is -2.21. The molecular formula is C13H17BrClNO2. The van der Waals surface area contributed by atoms with Crippen LogP contribution >= 0.6 is 27.5 Å². The number of alkyl halides is 1. The molecule has 0 radical (unpaired) electrons. The predicted molar refractivity (Wildman–Crippen MR) is 76.9 cm³/mol. The molecule has 0 aliphatic heterocycles. The van der Waals surface area contributed by atoms with Crippen LogP contribution in [-0.2, 0) is 11.2 Å². The molecular weight excluding hydrogens is 318 g/mol. The summed E-state index contributed by atoms with van der Waals surface area (Å²) in [6, 6.07) is 7.72. The molecule has 0 bridgehead atoms. The van der Waals surface area contributed by atoms with Crippen LogP contribution in [0.4, 0.5) is 4.79 Å². The Morgan fingerprint density at radius 2 is 1.94 bits per heavy atom. The maximum atomic E-state index is 11.5. The Bertz CT molecular complexity index is 400. The van der Waals surface area contributed by atoms with Crippen molar-refractivity contribution in [3.05, 3.63) is 34.3 Å². The fourth-order valence-electron chi connectivity index (χ4n) is 1.30. The molecule has 0 aliphatic rings. The highest BCUT2D eigenvalue weighted by atomic mass is 79.9. The van der Waals surface area contributed by atoms with Gasteiger partial charge in [-0.2, -0.15) is 0 Å². The van der Waals surface area contributed by atoms with Crippen molar-refractivity contribution in [1.29, 1.82) is 0 Å². The number of carbonyl (C=O) groups excluding carboxylic acids is 1. The van der Waals surface area contributed by atoms with E-state index in [1.165, 1.54) is 0 Å². The number of amides is 1. The van der Waals surface area contributed by atoms with E-state index in [2.05, 4.69) is 21.2 Å². The van der Waals surface area contributed by atoms with Gasteiger partial charge in [-0.15, -0.1) is 0 Å². The van der Waals surface area contributed by atoms with E-state index in [0.717, 1.165) is 10.0 Å². The summed E-state index contributed by atoms with van der Waals surface area (Å²) in [5, 5.41) is 2.69. The molecule has 1 atom stereocenters. The molecule has 5 heteroatoms. The van der Waals surface area contributed by atoms with Gasteiger partial charge in [0.05, 0.1) is 0 Å². The second kappa shape index (κ2) is 6.43. The van der Waals surface area contributed by atoms with Gasteiger partial charge in [-0.1, -0.05) is 39.7 Å². The Labute approximate surface area is 121 Å². The lowest BCUT2D eigenvalue weighted by Crippen LogP contribution is -2.41. The Morgan fingerprint density at radius 1 is 1.39 bits per heavy atom. The maximum absolute atomic E-state index is 11.5. The number of rotatable bonds is 3. The number of hydrogen-bond donors (Lipinski definition) is 1. The van der Waals surface area contributed by atoms with Gasteiger partial charge in [-0.25, -0.2) is 4.79 Å². The molecule has 100 valence electrons. The topological polar surface area (TPSA) is 38.3 Å². The monoisotopic (exact) mass is 333 g/mol. The van der Waals surface area contributed by atoms with Crippen LogP contribution in [0.2, 0.25) is 0 Å². The normalized spacial score (nSPS) is 12.9. The highest BCUT2D eigenvalue weighted by Gasteiger charge is 2.17. The van der Waals surface area contributed by atoms with E-state index in [1.54, 1.807) is 0 Å². The summed E-state index contributed by atoms with van der Waals surface area (Å²) in [4.78, 5) is 11.5. The summed E-state index contributed by atoms with van der Waals surface area (Å²) in [6.07, 6.45) is -0.0218. The average molecular weight is 335 g/mol. The summed E-state index contributed by atoms with van der Waals surface area (Å²) < 4.78 is 6.07. The van der Waals surface area contributed by atoms with E-state index in [9.17, 15) is 4.79 Å². The van der Waals surface area contributed by atoms with Crippen molar-refractivity contribution in [3.8, 4) is 0 Å². The van der Waals surface area contributed by atoms with E-state index in [0.29, 0.717) is 6.42 Å². The fraction of sp³-hybridized carbons (Fsp3) is 0.462. The molecule has 1 aromatic carbocycles. The van der Waals surface area contributed by atoms with Gasteiger partial charge in [-0.3, -0.25) is 0 Å². The number of ether oxygens (including phenoxy) is 1. The predicted octanol–water partition coefficient (Wildman–Crippen LogP) is 4.08. The fourth-order valence-corrected chi connectivity index (χ4v) is 1.82. The molecule has 0 saturated heterocycles. The van der Waals surface area contributed by atoms with Gasteiger partial charge in [0.2, 0.25) is 0 Å². The van der Waals surface area contributed by atoms with Crippen molar-refractivity contribution in [3.63, 3.8) is 0 Å². The minimum atomic E-state index is -0.673. The molecule has 3 nitrogen and oxygen atoms in total. The number of nitrogens with one attached hydrogen (secondary N) is 1. The zero-order valence-electron chi connectivity index (χ0n) is 10.7. The van der Waals surface area contributed by atoms with Crippen LogP contribution in [-0.4, -0.2) is 17.2 Å². The van der Waals surface area contributed by atoms with Gasteiger partial charge in [0.15, 0.2) is 5.56 Å². The quantitative estimate of drug-likeness (QED) is 0.846. The van der Waals surface area contributed by atoms with Crippen molar-refractivity contribution in [2.75, 3.05) is 0 Å². The Morgan fingerprint density at radius 3 is 2.44 bits per heavy atom. The number of carbonyl (C=O) groups is 1. The summed E-state index contributed by atoms with van der Waals surface area (Å²) in [7, 11) is 0. The van der Waals surface area contributed by atoms with Crippen LogP contribution in [0, 0.1) is 0 Å². The molecule has 0 saturated carbocycles. The summed E-state index contributed by atoms with van der Waals surface area (Å²) in [5.74, 6) is 0. The Hall–Kier alpha value is -0.740. The molecule has 1 unspecified atom stereocenters. The molecule has 1 aromatic rings. The first-order valence-electron chi connectivity index (χ1n) is 5.63. The van der Waals surface area contributed by atoms with Crippen LogP contribution in [0.3, 0.4) is 0 Å². The molecule has 0 spiro atoms. The van der Waals surface area contributed by atoms with E-state index in [1.807, 2.05) is 45.0 Å². The van der Waals surface area contributed by atoms with Crippen LogP contribution in [0.25, 0.3) is 0 Å². The molecule has 1 rings (SSSR count). The number of halogens is 2. The minimum absolute atomic E-state index is 0.328. The third-order valence-electron chi connectivity index (χ3n) is 2.02. The molecule has 1 N–H and O–H groups in total. The minimum Gasteiger partial charge on any atom is -0.429 e. The maximum Gasteiger partial charge on any atom is 0.409 e. The van der Waals surface area contributed by atoms with Crippen molar-refractivity contribution in [2.45, 2.75) is 38.3 Å². The third kappa shape index (κ3) is 6.26. The van der Waals surface area contributed by atoms with E-state index in [-0.39, 0.29) is 5.54 Å². The lowest BCUT2D eigenvalue weighted by atomic mass is 10.1. The summed E-state index contributed by atoms with van der Waals surface area (Å²) in [6.45, 7) is 5.64. The van der Waals surface area contributed by atoms with Crippen molar-refractivity contribution in [1.82, 2.24) is 5.32 Å². The molecule has 1 amide bonds. The highest BCUT2D eigenvalue weighted by Crippen LogP contribution is 2.14. The van der Waals surface area contributed by atoms with Crippen molar-refractivity contribution < 1.29 is 9.53 Å². The second-order valence-corrected chi connectivity index (χ2v) is 6.42. The zero-order chi connectivity index (χ0) is 13.8. The van der Waals surface area contributed by atoms with Crippen molar-refractivity contribution in [2.24, 2.45) is 0 Å². The molecule has 0 fully saturated rings. The second-order valence-electron chi connectivity index (χ2n) is 5.02. The van der Waals surface area contributed by atoms with Gasteiger partial charge in [-0.05, 0) is 38.5 Å². The first-order valence-corrected chi connectivity index (χ1v) is 6.86. The standard InChI is InChI=1S/C13H17BrClNO2/c1-13(2,3)16-12(17)18-11(15)8-9-4-6-10(14)7-5-9/h4-7,11H,8H2,1-3H3,(H,16,17). The average Bonchev–Trinajstić information content (AvgIpc) is 2.18. The van der Waals surface area contributed by atoms with Crippen LogP contribution < -0.4 is 5.32 Å². The number of alkyl carbamates (subject to hydrolysis) is 1. The van der Waals surface area contributed by atoms with E-state index in [4.69, 9.17) is 16.3 Å². The summed E-state index contributed by atoms with van der Waals surface area (Å²) >= 11 is 9.34. The third-order valence-corrected chi connectivity index (χ3v) is 2.79. The van der Waals surface area contributed by atoms with Gasteiger partial charge < -0.3 is 10.1 Å². The van der Waals surface area contributed by atoms with Gasteiger partial charge in [0.25, 0.3) is 0 Å². The van der Waals surface area contributed by atoms with Crippen LogP contribution in [0.5, 0.6) is 0 Å². The van der Waals surface area contributed by atoms with Gasteiger partial charge in [0.1, 0.15) is 0 Å².